The summed E-state index contributed by atoms with van der Waals surface area (Å²) in [6.07, 6.45) is 3.88. The van der Waals surface area contributed by atoms with Gasteiger partial charge in [0.1, 0.15) is 22.9 Å². The van der Waals surface area contributed by atoms with Gasteiger partial charge in [0.05, 0.1) is 12.8 Å². The highest BCUT2D eigenvalue weighted by molar-refractivity contribution is 7.88. The zero-order valence-electron chi connectivity index (χ0n) is 20.6. The summed E-state index contributed by atoms with van der Waals surface area (Å²) in [5.41, 5.74) is 8.18. The lowest BCUT2D eigenvalue weighted by atomic mass is 9.92. The van der Waals surface area contributed by atoms with Gasteiger partial charge in [-0.15, -0.1) is 0 Å². The maximum atomic E-state index is 13.5. The minimum Gasteiger partial charge on any atom is -0.382 e. The summed E-state index contributed by atoms with van der Waals surface area (Å²) in [5, 5.41) is 14.0. The van der Waals surface area contributed by atoms with E-state index in [4.69, 9.17) is 11.1 Å². The molecule has 1 aliphatic rings. The van der Waals surface area contributed by atoms with E-state index in [1.807, 2.05) is 41.0 Å². The molecule has 2 aromatic heterocycles. The van der Waals surface area contributed by atoms with E-state index in [9.17, 15) is 13.2 Å². The molecular formula is C27H30N6O3S. The first-order valence-corrected chi connectivity index (χ1v) is 14.2. The monoisotopic (exact) mass is 518 g/mol. The molecule has 1 saturated carbocycles. The molecule has 0 radical (unpaired) electrons. The SMILES string of the molecule is CS(=O)(=O)N[C@H]1CC[C@@H](NC(=O)c2cc3ccc(C(=N)N)nc3n2Cc2cccc3ccccc23)CC1. The van der Waals surface area contributed by atoms with Crippen LogP contribution in [0, 0.1) is 5.41 Å². The molecule has 0 atom stereocenters. The number of hydrogen-bond acceptors (Lipinski definition) is 5. The first-order chi connectivity index (χ1) is 17.7. The molecule has 2 heterocycles. The number of hydrogen-bond donors (Lipinski definition) is 4. The normalized spacial score (nSPS) is 18.2. The molecule has 2 aromatic carbocycles. The third-order valence-electron chi connectivity index (χ3n) is 6.90. The maximum Gasteiger partial charge on any atom is 0.268 e. The van der Waals surface area contributed by atoms with Gasteiger partial charge in [-0.05, 0) is 60.2 Å². The second-order valence-electron chi connectivity index (χ2n) is 9.69. The summed E-state index contributed by atoms with van der Waals surface area (Å²) in [4.78, 5) is 18.2. The van der Waals surface area contributed by atoms with Crippen molar-refractivity contribution < 1.29 is 13.2 Å². The molecule has 5 N–H and O–H groups in total. The van der Waals surface area contributed by atoms with Gasteiger partial charge in [-0.2, -0.15) is 0 Å². The largest absolute Gasteiger partial charge is 0.382 e. The third kappa shape index (κ3) is 5.50. The molecule has 0 bridgehead atoms. The Morgan fingerprint density at radius 1 is 1.03 bits per heavy atom. The number of pyridine rings is 1. The fourth-order valence-electron chi connectivity index (χ4n) is 5.14. The van der Waals surface area contributed by atoms with Crippen molar-refractivity contribution in [2.24, 2.45) is 5.73 Å². The predicted molar refractivity (Wildman–Crippen MR) is 145 cm³/mol. The van der Waals surface area contributed by atoms with Crippen LogP contribution in [0.1, 0.15) is 47.4 Å². The fraction of sp³-hybridized carbons (Fsp3) is 0.296. The third-order valence-corrected chi connectivity index (χ3v) is 7.67. The number of nitrogens with zero attached hydrogens (tertiary/aromatic N) is 2. The van der Waals surface area contributed by atoms with Crippen LogP contribution in [0.5, 0.6) is 0 Å². The average Bonchev–Trinajstić information content (AvgIpc) is 3.22. The Morgan fingerprint density at radius 3 is 2.46 bits per heavy atom. The van der Waals surface area contributed by atoms with Crippen molar-refractivity contribution in [1.29, 1.82) is 5.41 Å². The molecule has 1 fully saturated rings. The van der Waals surface area contributed by atoms with E-state index in [1.165, 1.54) is 6.26 Å². The molecule has 9 nitrogen and oxygen atoms in total. The van der Waals surface area contributed by atoms with Crippen molar-refractivity contribution in [3.05, 3.63) is 77.6 Å². The zero-order chi connectivity index (χ0) is 26.2. The molecular weight excluding hydrogens is 488 g/mol. The smallest absolute Gasteiger partial charge is 0.268 e. The van der Waals surface area contributed by atoms with Crippen molar-refractivity contribution in [1.82, 2.24) is 19.6 Å². The molecule has 0 spiro atoms. The van der Waals surface area contributed by atoms with Crippen molar-refractivity contribution in [2.75, 3.05) is 6.26 Å². The Hall–Kier alpha value is -3.76. The van der Waals surface area contributed by atoms with Crippen molar-refractivity contribution in [3.63, 3.8) is 0 Å². The van der Waals surface area contributed by atoms with Crippen LogP contribution in [0.4, 0.5) is 0 Å². The number of nitrogens with one attached hydrogen (secondary N) is 3. The van der Waals surface area contributed by atoms with Gasteiger partial charge >= 0.3 is 0 Å². The first-order valence-electron chi connectivity index (χ1n) is 12.3. The number of rotatable bonds is 7. The van der Waals surface area contributed by atoms with Gasteiger partial charge in [-0.3, -0.25) is 10.2 Å². The van der Waals surface area contributed by atoms with Crippen LogP contribution in [0.3, 0.4) is 0 Å². The number of benzene rings is 2. The van der Waals surface area contributed by atoms with Gasteiger partial charge in [-0.1, -0.05) is 42.5 Å². The molecule has 5 rings (SSSR count). The fourth-order valence-corrected chi connectivity index (χ4v) is 5.99. The number of amides is 1. The van der Waals surface area contributed by atoms with Crippen LogP contribution in [-0.2, 0) is 16.6 Å². The Morgan fingerprint density at radius 2 is 1.73 bits per heavy atom. The van der Waals surface area contributed by atoms with Gasteiger partial charge in [0.25, 0.3) is 5.91 Å². The summed E-state index contributed by atoms with van der Waals surface area (Å²) in [7, 11) is -3.25. The number of carbonyl (C=O) groups is 1. The van der Waals surface area contributed by atoms with Crippen molar-refractivity contribution >= 4 is 43.6 Å². The lowest BCUT2D eigenvalue weighted by Crippen LogP contribution is -2.43. The van der Waals surface area contributed by atoms with E-state index in [0.29, 0.717) is 49.3 Å². The quantitative estimate of drug-likeness (QED) is 0.220. The average molecular weight is 519 g/mol. The predicted octanol–water partition coefficient (Wildman–Crippen LogP) is 3.11. The molecule has 1 amide bonds. The minimum atomic E-state index is -3.25. The molecule has 0 saturated heterocycles. The van der Waals surface area contributed by atoms with Crippen LogP contribution < -0.4 is 15.8 Å². The van der Waals surface area contributed by atoms with E-state index >= 15 is 0 Å². The van der Waals surface area contributed by atoms with E-state index in [-0.39, 0.29) is 23.8 Å². The highest BCUT2D eigenvalue weighted by Gasteiger charge is 2.26. The van der Waals surface area contributed by atoms with E-state index in [1.54, 1.807) is 6.07 Å². The standard InChI is InChI=1S/C27H30N6O3S/c1-37(35,36)32-21-12-10-20(11-13-21)30-27(34)24-15-18-9-14-23(25(28)29)31-26(18)33(24)16-19-7-4-6-17-5-2-3-8-22(17)19/h2-9,14-15,20-21,32H,10-13,16H2,1H3,(H3,28,29)(H,30,34)/t20-,21+. The Labute approximate surface area is 215 Å². The first kappa shape index (κ1) is 24.9. The van der Waals surface area contributed by atoms with E-state index in [2.05, 4.69) is 33.2 Å². The minimum absolute atomic E-state index is 0.0464. The topological polar surface area (TPSA) is 143 Å². The second-order valence-corrected chi connectivity index (χ2v) is 11.5. The number of carbonyl (C=O) groups excluding carboxylic acids is 1. The number of nitrogen functional groups attached to an aromatic ring is 1. The Balaban J connectivity index is 1.46. The Bertz CT molecular complexity index is 1600. The van der Waals surface area contributed by atoms with Crippen LogP contribution >= 0.6 is 0 Å². The van der Waals surface area contributed by atoms with Crippen LogP contribution in [-0.4, -0.2) is 48.1 Å². The van der Waals surface area contributed by atoms with Gasteiger partial charge in [0, 0.05) is 17.5 Å². The van der Waals surface area contributed by atoms with Gasteiger partial charge in [-0.25, -0.2) is 18.1 Å². The lowest BCUT2D eigenvalue weighted by molar-refractivity contribution is 0.0916. The molecule has 0 aliphatic heterocycles. The molecule has 4 aromatic rings. The second kappa shape index (κ2) is 9.95. The molecule has 1 aliphatic carbocycles. The number of fused-ring (bicyclic) bond motifs is 2. The highest BCUT2D eigenvalue weighted by Crippen LogP contribution is 2.25. The van der Waals surface area contributed by atoms with E-state index in [0.717, 1.165) is 21.7 Å². The molecule has 192 valence electrons. The number of nitrogens with two attached hydrogens (primary N) is 1. The van der Waals surface area contributed by atoms with Gasteiger partial charge < -0.3 is 15.6 Å². The van der Waals surface area contributed by atoms with E-state index < -0.39 is 10.0 Å². The number of amidine groups is 1. The maximum absolute atomic E-state index is 13.5. The summed E-state index contributed by atoms with van der Waals surface area (Å²) in [5.74, 6) is -0.340. The zero-order valence-corrected chi connectivity index (χ0v) is 21.4. The molecule has 10 heteroatoms. The van der Waals surface area contributed by atoms with Crippen LogP contribution in [0.15, 0.2) is 60.7 Å². The van der Waals surface area contributed by atoms with Gasteiger partial charge in [0.2, 0.25) is 10.0 Å². The number of sulfonamides is 1. The lowest BCUT2D eigenvalue weighted by Gasteiger charge is -2.29. The van der Waals surface area contributed by atoms with Gasteiger partial charge in [0.15, 0.2) is 0 Å². The number of aromatic nitrogens is 2. The summed E-state index contributed by atoms with van der Waals surface area (Å²) in [6.45, 7) is 0.424. The van der Waals surface area contributed by atoms with Crippen molar-refractivity contribution in [2.45, 2.75) is 44.3 Å². The molecule has 37 heavy (non-hydrogen) atoms. The highest BCUT2D eigenvalue weighted by atomic mass is 32.2. The molecule has 0 unspecified atom stereocenters. The summed E-state index contributed by atoms with van der Waals surface area (Å²) >= 11 is 0. The van der Waals surface area contributed by atoms with Crippen molar-refractivity contribution in [3.8, 4) is 0 Å². The Kier molecular flexibility index (Phi) is 6.70. The summed E-state index contributed by atoms with van der Waals surface area (Å²) < 4.78 is 27.7. The summed E-state index contributed by atoms with van der Waals surface area (Å²) in [6, 6.07) is 19.4. The van der Waals surface area contributed by atoms with Crippen LogP contribution in [0.25, 0.3) is 21.8 Å². The van der Waals surface area contributed by atoms with Crippen LogP contribution in [0.2, 0.25) is 0 Å².